The Morgan fingerprint density at radius 1 is 1.33 bits per heavy atom. The van der Waals surface area contributed by atoms with E-state index in [0.717, 1.165) is 12.8 Å². The Morgan fingerprint density at radius 3 is 3.00 bits per heavy atom. The molecule has 2 saturated heterocycles. The van der Waals surface area contributed by atoms with Crippen LogP contribution in [0.2, 0.25) is 0 Å². The zero-order chi connectivity index (χ0) is 16.7. The van der Waals surface area contributed by atoms with Gasteiger partial charge in [0.1, 0.15) is 5.56 Å². The van der Waals surface area contributed by atoms with Crippen molar-refractivity contribution in [3.63, 3.8) is 0 Å². The van der Waals surface area contributed by atoms with Gasteiger partial charge in [0.25, 0.3) is 11.5 Å². The van der Waals surface area contributed by atoms with Gasteiger partial charge in [0.15, 0.2) is 4.96 Å². The maximum atomic E-state index is 12.8. The number of hydrogen-bond donors (Lipinski definition) is 1. The molecule has 2 aliphatic heterocycles. The average molecular weight is 347 g/mol. The van der Waals surface area contributed by atoms with Gasteiger partial charge < -0.3 is 15.1 Å². The molecule has 0 radical (unpaired) electrons. The zero-order valence-electron chi connectivity index (χ0n) is 13.0. The van der Waals surface area contributed by atoms with Gasteiger partial charge in [0.05, 0.1) is 6.04 Å². The predicted molar refractivity (Wildman–Crippen MR) is 88.4 cm³/mol. The topological polar surface area (TPSA) is 87.0 Å². The molecule has 3 amide bonds. The van der Waals surface area contributed by atoms with Crippen molar-refractivity contribution in [2.24, 2.45) is 0 Å². The summed E-state index contributed by atoms with van der Waals surface area (Å²) < 4.78 is 1.40. The summed E-state index contributed by atoms with van der Waals surface area (Å²) >= 11 is 1.35. The molecule has 24 heavy (non-hydrogen) atoms. The molecule has 2 aromatic rings. The number of rotatable bonds is 2. The van der Waals surface area contributed by atoms with Crippen molar-refractivity contribution in [3.8, 4) is 0 Å². The van der Waals surface area contributed by atoms with Gasteiger partial charge in [-0.05, 0) is 12.8 Å². The second-order valence-electron chi connectivity index (χ2n) is 6.01. The van der Waals surface area contributed by atoms with E-state index in [1.54, 1.807) is 21.4 Å². The van der Waals surface area contributed by atoms with E-state index in [1.807, 2.05) is 0 Å². The number of likely N-dealkylation sites (tertiary alicyclic amines) is 1. The smallest absolute Gasteiger partial charge is 0.317 e. The van der Waals surface area contributed by atoms with Crippen LogP contribution in [0.5, 0.6) is 0 Å². The summed E-state index contributed by atoms with van der Waals surface area (Å²) in [6.45, 7) is 2.36. The highest BCUT2D eigenvalue weighted by Gasteiger charge is 2.33. The molecule has 2 aromatic heterocycles. The van der Waals surface area contributed by atoms with Crippen LogP contribution in [-0.2, 0) is 0 Å². The van der Waals surface area contributed by atoms with Crippen molar-refractivity contribution in [1.82, 2.24) is 24.5 Å². The SMILES string of the molecule is O=C(c1cnc2sccn2c1=O)N1CCC[C@@H](N2CCNC2=O)C1. The molecule has 1 atom stereocenters. The van der Waals surface area contributed by atoms with E-state index in [9.17, 15) is 14.4 Å². The minimum atomic E-state index is -0.340. The molecule has 9 heteroatoms. The summed E-state index contributed by atoms with van der Waals surface area (Å²) in [6, 6.07) is -0.0680. The summed E-state index contributed by atoms with van der Waals surface area (Å²) in [7, 11) is 0. The fourth-order valence-electron chi connectivity index (χ4n) is 3.37. The van der Waals surface area contributed by atoms with Gasteiger partial charge in [0.2, 0.25) is 0 Å². The van der Waals surface area contributed by atoms with Crippen molar-refractivity contribution in [1.29, 1.82) is 0 Å². The molecule has 0 spiro atoms. The van der Waals surface area contributed by atoms with Crippen molar-refractivity contribution in [3.05, 3.63) is 33.7 Å². The zero-order valence-corrected chi connectivity index (χ0v) is 13.8. The molecule has 8 nitrogen and oxygen atoms in total. The van der Waals surface area contributed by atoms with Crippen molar-refractivity contribution in [2.75, 3.05) is 26.2 Å². The third-order valence-corrected chi connectivity index (χ3v) is 5.36. The molecule has 4 rings (SSSR count). The molecule has 0 aromatic carbocycles. The number of urea groups is 1. The fourth-order valence-corrected chi connectivity index (χ4v) is 4.05. The monoisotopic (exact) mass is 347 g/mol. The molecule has 0 unspecified atom stereocenters. The lowest BCUT2D eigenvalue weighted by molar-refractivity contribution is 0.0632. The van der Waals surface area contributed by atoms with Crippen molar-refractivity contribution >= 4 is 28.2 Å². The average Bonchev–Trinajstić information content (AvgIpc) is 3.24. The van der Waals surface area contributed by atoms with E-state index in [2.05, 4.69) is 10.3 Å². The summed E-state index contributed by atoms with van der Waals surface area (Å²) in [4.78, 5) is 45.3. The number of aromatic nitrogens is 2. The second kappa shape index (κ2) is 5.90. The first-order chi connectivity index (χ1) is 11.6. The lowest BCUT2D eigenvalue weighted by atomic mass is 10.0. The van der Waals surface area contributed by atoms with Crippen LogP contribution >= 0.6 is 11.3 Å². The van der Waals surface area contributed by atoms with Gasteiger partial charge in [-0.15, -0.1) is 11.3 Å². The lowest BCUT2D eigenvalue weighted by Crippen LogP contribution is -2.51. The van der Waals surface area contributed by atoms with E-state index < -0.39 is 0 Å². The van der Waals surface area contributed by atoms with Crippen LogP contribution in [0.1, 0.15) is 23.2 Å². The van der Waals surface area contributed by atoms with Gasteiger partial charge in [-0.2, -0.15) is 0 Å². The number of hydrogen-bond acceptors (Lipinski definition) is 5. The van der Waals surface area contributed by atoms with E-state index in [1.165, 1.54) is 21.9 Å². The first kappa shape index (κ1) is 15.1. The fraction of sp³-hybridized carbons (Fsp3) is 0.467. The van der Waals surface area contributed by atoms with Crippen molar-refractivity contribution < 1.29 is 9.59 Å². The normalized spacial score (nSPS) is 21.3. The van der Waals surface area contributed by atoms with Crippen LogP contribution in [0.3, 0.4) is 0 Å². The van der Waals surface area contributed by atoms with Gasteiger partial charge in [0, 0.05) is 44.0 Å². The first-order valence-electron chi connectivity index (χ1n) is 7.94. The van der Waals surface area contributed by atoms with E-state index in [0.29, 0.717) is 31.1 Å². The lowest BCUT2D eigenvalue weighted by Gasteiger charge is -2.36. The van der Waals surface area contributed by atoms with Gasteiger partial charge in [-0.1, -0.05) is 0 Å². The number of piperidine rings is 1. The van der Waals surface area contributed by atoms with Gasteiger partial charge >= 0.3 is 6.03 Å². The molecule has 0 bridgehead atoms. The summed E-state index contributed by atoms with van der Waals surface area (Å²) in [5.74, 6) is -0.308. The number of carbonyl (C=O) groups is 2. The molecule has 1 N–H and O–H groups in total. The Morgan fingerprint density at radius 2 is 2.21 bits per heavy atom. The standard InChI is InChI=1S/C15H17N5O3S/c21-12(11-8-17-15-20(13(11)22)6-7-24-15)18-4-1-2-10(9-18)19-5-3-16-14(19)23/h6-8,10H,1-5,9H2,(H,16,23)/t10-/m1/s1. The summed E-state index contributed by atoms with van der Waals surface area (Å²) in [5.41, 5.74) is -0.260. The number of thiazole rings is 1. The third-order valence-electron chi connectivity index (χ3n) is 4.59. The molecule has 2 fully saturated rings. The molecule has 0 aliphatic carbocycles. The number of nitrogens with one attached hydrogen (secondary N) is 1. The van der Waals surface area contributed by atoms with Gasteiger partial charge in [-0.3, -0.25) is 14.0 Å². The Hall–Kier alpha value is -2.42. The Bertz CT molecular complexity index is 860. The van der Waals surface area contributed by atoms with Crippen LogP contribution in [0.4, 0.5) is 4.79 Å². The van der Waals surface area contributed by atoms with E-state index in [4.69, 9.17) is 0 Å². The van der Waals surface area contributed by atoms with E-state index in [-0.39, 0.29) is 29.1 Å². The molecule has 126 valence electrons. The van der Waals surface area contributed by atoms with Crippen LogP contribution in [-0.4, -0.2) is 63.3 Å². The molecular formula is C15H17N5O3S. The maximum absolute atomic E-state index is 12.8. The predicted octanol–water partition coefficient (Wildman–Crippen LogP) is 0.386. The Labute approximate surface area is 141 Å². The second-order valence-corrected chi connectivity index (χ2v) is 6.88. The quantitative estimate of drug-likeness (QED) is 0.851. The third kappa shape index (κ3) is 2.44. The number of carbonyl (C=O) groups excluding carboxylic acids is 2. The molecule has 4 heterocycles. The minimum Gasteiger partial charge on any atom is -0.336 e. The maximum Gasteiger partial charge on any atom is 0.317 e. The highest BCUT2D eigenvalue weighted by Crippen LogP contribution is 2.19. The number of amides is 3. The van der Waals surface area contributed by atoms with E-state index >= 15 is 0 Å². The highest BCUT2D eigenvalue weighted by molar-refractivity contribution is 7.15. The highest BCUT2D eigenvalue weighted by atomic mass is 32.1. The largest absolute Gasteiger partial charge is 0.336 e. The number of nitrogens with zero attached hydrogens (tertiary/aromatic N) is 4. The molecule has 0 saturated carbocycles. The van der Waals surface area contributed by atoms with Gasteiger partial charge in [-0.25, -0.2) is 9.78 Å². The first-order valence-corrected chi connectivity index (χ1v) is 8.82. The number of fused-ring (bicyclic) bond motifs is 1. The Balaban J connectivity index is 1.58. The minimum absolute atomic E-state index is 0.00536. The molecule has 2 aliphatic rings. The van der Waals surface area contributed by atoms with Crippen molar-refractivity contribution in [2.45, 2.75) is 18.9 Å². The van der Waals surface area contributed by atoms with Crippen LogP contribution in [0.15, 0.2) is 22.6 Å². The van der Waals surface area contributed by atoms with Crippen LogP contribution < -0.4 is 10.9 Å². The van der Waals surface area contributed by atoms with Crippen LogP contribution in [0, 0.1) is 0 Å². The molecular weight excluding hydrogens is 330 g/mol. The van der Waals surface area contributed by atoms with Crippen LogP contribution in [0.25, 0.3) is 4.96 Å². The Kier molecular flexibility index (Phi) is 3.72. The summed E-state index contributed by atoms with van der Waals surface area (Å²) in [5, 5.41) is 4.56. The summed E-state index contributed by atoms with van der Waals surface area (Å²) in [6.07, 6.45) is 4.68.